The van der Waals surface area contributed by atoms with E-state index in [1.165, 1.54) is 4.90 Å². The Bertz CT molecular complexity index is 458. The Labute approximate surface area is 96.1 Å². The maximum absolute atomic E-state index is 11.7. The van der Waals surface area contributed by atoms with Crippen molar-refractivity contribution < 1.29 is 4.79 Å². The monoisotopic (exact) mass is 235 g/mol. The summed E-state index contributed by atoms with van der Waals surface area (Å²) in [7, 11) is 1.56. The molecule has 0 aliphatic heterocycles. The average Bonchev–Trinajstić information content (AvgIpc) is 2.84. The minimum atomic E-state index is -0.273. The summed E-state index contributed by atoms with van der Waals surface area (Å²) >= 11 is 1.06. The maximum Gasteiger partial charge on any atom is 0.328 e. The van der Waals surface area contributed by atoms with Crippen LogP contribution >= 0.6 is 11.5 Å². The molecule has 82 valence electrons. The van der Waals surface area contributed by atoms with Gasteiger partial charge in [-0.1, -0.05) is 27.8 Å². The molecule has 0 fully saturated rings. The number of hydrogen-bond donors (Lipinski definition) is 1. The van der Waals surface area contributed by atoms with Crippen molar-refractivity contribution in [2.75, 3.05) is 11.9 Å². The van der Waals surface area contributed by atoms with E-state index in [4.69, 9.17) is 0 Å². The molecule has 1 aromatic carbocycles. The van der Waals surface area contributed by atoms with Gasteiger partial charge >= 0.3 is 6.03 Å². The largest absolute Gasteiger partial charge is 0.340 e. The van der Waals surface area contributed by atoms with Crippen LogP contribution in [0.4, 0.5) is 15.6 Å². The molecule has 2 rings (SSSR count). The Hall–Kier alpha value is -2.02. The van der Waals surface area contributed by atoms with Crippen LogP contribution in [-0.2, 0) is 0 Å². The number of amides is 2. The standard InChI is InChI=1S/C9H9N5OS/c1-10-8(15)14(9-11-12-13-16-9)7-5-3-2-4-6-7/h2-6H,1H3,(H,10,15). The van der Waals surface area contributed by atoms with Crippen LogP contribution < -0.4 is 10.2 Å². The lowest BCUT2D eigenvalue weighted by Gasteiger charge is -2.17. The summed E-state index contributed by atoms with van der Waals surface area (Å²) in [6, 6.07) is 8.93. The first kappa shape index (κ1) is 10.5. The maximum atomic E-state index is 11.7. The van der Waals surface area contributed by atoms with Gasteiger partial charge in [0.05, 0.1) is 5.69 Å². The van der Waals surface area contributed by atoms with Gasteiger partial charge in [0.1, 0.15) is 0 Å². The molecular weight excluding hydrogens is 226 g/mol. The number of nitrogens with one attached hydrogen (secondary N) is 1. The molecule has 16 heavy (non-hydrogen) atoms. The molecule has 0 spiro atoms. The number of carbonyl (C=O) groups excluding carboxylic acids is 1. The summed E-state index contributed by atoms with van der Waals surface area (Å²) in [5.74, 6) is 0. The Morgan fingerprint density at radius 1 is 1.38 bits per heavy atom. The van der Waals surface area contributed by atoms with E-state index in [0.29, 0.717) is 5.13 Å². The van der Waals surface area contributed by atoms with Gasteiger partial charge in [0.2, 0.25) is 5.13 Å². The van der Waals surface area contributed by atoms with Crippen LogP contribution in [0.25, 0.3) is 0 Å². The van der Waals surface area contributed by atoms with Gasteiger partial charge in [-0.2, -0.15) is 0 Å². The topological polar surface area (TPSA) is 71.0 Å². The molecule has 6 nitrogen and oxygen atoms in total. The number of anilines is 2. The second-order valence-electron chi connectivity index (χ2n) is 2.87. The highest BCUT2D eigenvalue weighted by Gasteiger charge is 2.19. The van der Waals surface area contributed by atoms with Crippen LogP contribution in [0.15, 0.2) is 30.3 Å². The number of carbonyl (C=O) groups is 1. The molecule has 0 bridgehead atoms. The summed E-state index contributed by atoms with van der Waals surface area (Å²) in [5.41, 5.74) is 0.723. The fraction of sp³-hybridized carbons (Fsp3) is 0.111. The van der Waals surface area contributed by atoms with Crippen LogP contribution in [0.1, 0.15) is 0 Å². The third-order valence-electron chi connectivity index (χ3n) is 1.91. The third-order valence-corrected chi connectivity index (χ3v) is 2.49. The Kier molecular flexibility index (Phi) is 3.06. The molecule has 0 aliphatic carbocycles. The van der Waals surface area contributed by atoms with Crippen molar-refractivity contribution in [3.63, 3.8) is 0 Å². The number of aromatic nitrogens is 3. The number of benzene rings is 1. The van der Waals surface area contributed by atoms with Crippen LogP contribution in [0.2, 0.25) is 0 Å². The molecule has 1 N–H and O–H groups in total. The zero-order valence-corrected chi connectivity index (χ0v) is 9.31. The molecule has 0 radical (unpaired) electrons. The zero-order valence-electron chi connectivity index (χ0n) is 8.49. The van der Waals surface area contributed by atoms with Gasteiger partial charge < -0.3 is 5.32 Å². The predicted molar refractivity (Wildman–Crippen MR) is 60.7 cm³/mol. The lowest BCUT2D eigenvalue weighted by atomic mass is 10.3. The number of nitrogens with zero attached hydrogens (tertiary/aromatic N) is 4. The van der Waals surface area contributed by atoms with E-state index in [0.717, 1.165) is 17.2 Å². The first-order valence-electron chi connectivity index (χ1n) is 4.55. The van der Waals surface area contributed by atoms with Gasteiger partial charge in [0.15, 0.2) is 0 Å². The number of para-hydroxylation sites is 1. The van der Waals surface area contributed by atoms with Crippen molar-refractivity contribution in [2.45, 2.75) is 0 Å². The van der Waals surface area contributed by atoms with Gasteiger partial charge in [-0.25, -0.2) is 9.69 Å². The minimum Gasteiger partial charge on any atom is -0.340 e. The average molecular weight is 235 g/mol. The van der Waals surface area contributed by atoms with E-state index in [1.807, 2.05) is 30.3 Å². The predicted octanol–water partition coefficient (Wildman–Crippen LogP) is 1.41. The van der Waals surface area contributed by atoms with Gasteiger partial charge in [-0.3, -0.25) is 0 Å². The minimum absolute atomic E-state index is 0.273. The van der Waals surface area contributed by atoms with Gasteiger partial charge in [-0.05, 0) is 17.3 Å². The lowest BCUT2D eigenvalue weighted by molar-refractivity contribution is 0.250. The molecular formula is C9H9N5OS. The summed E-state index contributed by atoms with van der Waals surface area (Å²) < 4.78 is 3.64. The van der Waals surface area contributed by atoms with Crippen molar-refractivity contribution in [2.24, 2.45) is 0 Å². The summed E-state index contributed by atoms with van der Waals surface area (Å²) in [4.78, 5) is 13.2. The van der Waals surface area contributed by atoms with Crippen molar-refractivity contribution in [3.05, 3.63) is 30.3 Å². The van der Waals surface area contributed by atoms with Crippen LogP contribution in [-0.4, -0.2) is 27.9 Å². The van der Waals surface area contributed by atoms with E-state index in [2.05, 4.69) is 20.1 Å². The van der Waals surface area contributed by atoms with E-state index in [-0.39, 0.29) is 6.03 Å². The van der Waals surface area contributed by atoms with Crippen LogP contribution in [0.3, 0.4) is 0 Å². The normalized spacial score (nSPS) is 9.81. The van der Waals surface area contributed by atoms with E-state index in [9.17, 15) is 4.79 Å². The lowest BCUT2D eigenvalue weighted by Crippen LogP contribution is -2.34. The Balaban J connectivity index is 2.40. The quantitative estimate of drug-likeness (QED) is 0.854. The highest BCUT2D eigenvalue weighted by Crippen LogP contribution is 2.24. The van der Waals surface area contributed by atoms with E-state index in [1.54, 1.807) is 7.05 Å². The third kappa shape index (κ3) is 1.98. The number of rotatable bonds is 2. The molecule has 0 atom stereocenters. The molecule has 0 saturated carbocycles. The molecule has 0 aliphatic rings. The van der Waals surface area contributed by atoms with Crippen LogP contribution in [0.5, 0.6) is 0 Å². The first-order valence-corrected chi connectivity index (χ1v) is 5.32. The van der Waals surface area contributed by atoms with Crippen molar-refractivity contribution >= 4 is 28.4 Å². The van der Waals surface area contributed by atoms with Gasteiger partial charge in [-0.15, -0.1) is 0 Å². The highest BCUT2D eigenvalue weighted by molar-refractivity contribution is 7.09. The number of hydrogen-bond acceptors (Lipinski definition) is 5. The summed E-state index contributed by atoms with van der Waals surface area (Å²) in [6.07, 6.45) is 0. The first-order chi connectivity index (χ1) is 7.83. The van der Waals surface area contributed by atoms with Crippen molar-refractivity contribution in [3.8, 4) is 0 Å². The smallest absolute Gasteiger partial charge is 0.328 e. The Morgan fingerprint density at radius 2 is 2.12 bits per heavy atom. The fourth-order valence-corrected chi connectivity index (χ4v) is 1.71. The molecule has 0 saturated heterocycles. The van der Waals surface area contributed by atoms with Crippen LogP contribution in [0, 0.1) is 0 Å². The zero-order chi connectivity index (χ0) is 11.4. The van der Waals surface area contributed by atoms with Gasteiger partial charge in [0.25, 0.3) is 0 Å². The van der Waals surface area contributed by atoms with E-state index < -0.39 is 0 Å². The fourth-order valence-electron chi connectivity index (χ4n) is 1.22. The molecule has 1 aromatic heterocycles. The second kappa shape index (κ2) is 4.67. The van der Waals surface area contributed by atoms with Crippen molar-refractivity contribution in [1.82, 2.24) is 20.1 Å². The molecule has 1 heterocycles. The summed E-state index contributed by atoms with van der Waals surface area (Å²) in [6.45, 7) is 0. The SMILES string of the molecule is CNC(=O)N(c1ccccc1)c1nnns1. The molecule has 2 aromatic rings. The van der Waals surface area contributed by atoms with Gasteiger partial charge in [0, 0.05) is 18.6 Å². The Morgan fingerprint density at radius 3 is 2.69 bits per heavy atom. The molecule has 7 heteroatoms. The summed E-state index contributed by atoms with van der Waals surface area (Å²) in [5, 5.41) is 10.3. The van der Waals surface area contributed by atoms with Crippen molar-refractivity contribution in [1.29, 1.82) is 0 Å². The number of urea groups is 1. The second-order valence-corrected chi connectivity index (χ2v) is 3.58. The highest BCUT2D eigenvalue weighted by atomic mass is 32.1. The van der Waals surface area contributed by atoms with E-state index >= 15 is 0 Å². The molecule has 2 amide bonds. The molecule has 0 unspecified atom stereocenters.